The van der Waals surface area contributed by atoms with Crippen LogP contribution in [0.3, 0.4) is 0 Å². The first-order valence-electron chi connectivity index (χ1n) is 10.8. The Labute approximate surface area is 181 Å². The number of carbonyl (C=O) groups excluding carboxylic acids is 3. The zero-order valence-electron chi connectivity index (χ0n) is 19.5. The molecule has 1 aliphatic heterocycles. The summed E-state index contributed by atoms with van der Waals surface area (Å²) >= 11 is 0. The normalized spacial score (nSPS) is 19.4. The van der Waals surface area contributed by atoms with E-state index >= 15 is 0 Å². The van der Waals surface area contributed by atoms with E-state index in [9.17, 15) is 14.4 Å². The van der Waals surface area contributed by atoms with Gasteiger partial charge in [-0.15, -0.1) is 0 Å². The average molecular weight is 416 g/mol. The molecule has 1 fully saturated rings. The summed E-state index contributed by atoms with van der Waals surface area (Å²) in [6, 6.07) is 5.68. The highest BCUT2D eigenvalue weighted by Gasteiger charge is 2.29. The fourth-order valence-electron chi connectivity index (χ4n) is 3.95. The molecule has 2 atom stereocenters. The van der Waals surface area contributed by atoms with Gasteiger partial charge in [0.2, 0.25) is 11.8 Å². The molecule has 0 spiro atoms. The molecule has 0 saturated carbocycles. The van der Waals surface area contributed by atoms with E-state index < -0.39 is 0 Å². The highest BCUT2D eigenvalue weighted by atomic mass is 16.2. The van der Waals surface area contributed by atoms with Gasteiger partial charge in [-0.25, -0.2) is 0 Å². The lowest BCUT2D eigenvalue weighted by Gasteiger charge is -2.35. The zero-order chi connectivity index (χ0) is 22.6. The first-order chi connectivity index (χ1) is 13.9. The monoisotopic (exact) mass is 415 g/mol. The van der Waals surface area contributed by atoms with Crippen LogP contribution in [0.15, 0.2) is 18.2 Å². The molecule has 0 radical (unpaired) electrons. The molecule has 166 valence electrons. The molecule has 30 heavy (non-hydrogen) atoms. The Balaban J connectivity index is 2.28. The van der Waals surface area contributed by atoms with Crippen LogP contribution in [0.5, 0.6) is 0 Å². The van der Waals surface area contributed by atoms with E-state index in [0.717, 1.165) is 25.1 Å². The van der Waals surface area contributed by atoms with Crippen molar-refractivity contribution in [2.75, 3.05) is 32.5 Å². The second-order valence-electron chi connectivity index (χ2n) is 10.0. The minimum Gasteiger partial charge on any atom is -0.349 e. The third kappa shape index (κ3) is 6.31. The van der Waals surface area contributed by atoms with Crippen LogP contribution in [-0.4, -0.2) is 54.7 Å². The van der Waals surface area contributed by atoms with Crippen LogP contribution < -0.4 is 5.32 Å². The topological polar surface area (TPSA) is 69.7 Å². The third-order valence-corrected chi connectivity index (χ3v) is 5.61. The minimum absolute atomic E-state index is 0.0424. The summed E-state index contributed by atoms with van der Waals surface area (Å²) < 4.78 is 0. The number of anilines is 1. The van der Waals surface area contributed by atoms with Gasteiger partial charge in [0.25, 0.3) is 5.91 Å². The fourth-order valence-corrected chi connectivity index (χ4v) is 3.95. The van der Waals surface area contributed by atoms with Gasteiger partial charge in [-0.05, 0) is 41.4 Å². The van der Waals surface area contributed by atoms with Crippen molar-refractivity contribution in [2.45, 2.75) is 59.3 Å². The third-order valence-electron chi connectivity index (χ3n) is 5.61. The Hall–Kier alpha value is -2.37. The number of hydrogen-bond acceptors (Lipinski definition) is 3. The number of rotatable bonds is 5. The largest absolute Gasteiger partial charge is 0.349 e. The van der Waals surface area contributed by atoms with Crippen LogP contribution in [0.4, 0.5) is 5.69 Å². The van der Waals surface area contributed by atoms with Crippen LogP contribution in [-0.2, 0) is 15.0 Å². The summed E-state index contributed by atoms with van der Waals surface area (Å²) in [7, 11) is 3.34. The smallest absolute Gasteiger partial charge is 0.255 e. The van der Waals surface area contributed by atoms with Gasteiger partial charge in [0.05, 0.1) is 11.3 Å². The average Bonchev–Trinajstić information content (AvgIpc) is 2.64. The van der Waals surface area contributed by atoms with Crippen molar-refractivity contribution in [1.82, 2.24) is 9.80 Å². The quantitative estimate of drug-likeness (QED) is 0.793. The standard InChI is InChI=1S/C24H37N3O3/c1-16-12-17(2)15-27(14-16)23(30)19-13-18(24(3,4)5)8-9-20(19)25-21(28)10-11-22(29)26(6)7/h8-9,13,16-17H,10-12,14-15H2,1-7H3,(H,25,28)/t16-,17+. The van der Waals surface area contributed by atoms with Gasteiger partial charge in [-0.3, -0.25) is 14.4 Å². The molecule has 0 bridgehead atoms. The van der Waals surface area contributed by atoms with Gasteiger partial charge in [-0.1, -0.05) is 40.7 Å². The molecule has 1 aromatic rings. The summed E-state index contributed by atoms with van der Waals surface area (Å²) in [5, 5.41) is 2.87. The lowest BCUT2D eigenvalue weighted by atomic mass is 9.85. The van der Waals surface area contributed by atoms with Crippen molar-refractivity contribution in [2.24, 2.45) is 11.8 Å². The summed E-state index contributed by atoms with van der Waals surface area (Å²) in [6.07, 6.45) is 1.35. The molecule has 0 aliphatic carbocycles. The molecule has 0 aromatic heterocycles. The van der Waals surface area contributed by atoms with E-state index in [0.29, 0.717) is 23.1 Å². The Morgan fingerprint density at radius 2 is 1.67 bits per heavy atom. The number of benzene rings is 1. The Morgan fingerprint density at radius 3 is 2.20 bits per heavy atom. The summed E-state index contributed by atoms with van der Waals surface area (Å²) in [6.45, 7) is 12.1. The number of likely N-dealkylation sites (tertiary alicyclic amines) is 1. The Morgan fingerprint density at radius 1 is 1.07 bits per heavy atom. The number of carbonyl (C=O) groups is 3. The van der Waals surface area contributed by atoms with Gasteiger partial charge < -0.3 is 15.1 Å². The molecule has 1 aromatic carbocycles. The van der Waals surface area contributed by atoms with E-state index in [-0.39, 0.29) is 36.0 Å². The van der Waals surface area contributed by atoms with Crippen molar-refractivity contribution in [1.29, 1.82) is 0 Å². The molecule has 1 heterocycles. The number of piperidine rings is 1. The van der Waals surface area contributed by atoms with Crippen LogP contribution in [0, 0.1) is 11.8 Å². The predicted molar refractivity (Wildman–Crippen MR) is 121 cm³/mol. The van der Waals surface area contributed by atoms with E-state index in [2.05, 4.69) is 39.9 Å². The highest BCUT2D eigenvalue weighted by Crippen LogP contribution is 2.30. The maximum absolute atomic E-state index is 13.4. The predicted octanol–water partition coefficient (Wildman–Crippen LogP) is 3.91. The van der Waals surface area contributed by atoms with Crippen molar-refractivity contribution in [3.63, 3.8) is 0 Å². The first-order valence-corrected chi connectivity index (χ1v) is 10.8. The van der Waals surface area contributed by atoms with Crippen LogP contribution in [0.25, 0.3) is 0 Å². The summed E-state index contributed by atoms with van der Waals surface area (Å²) in [4.78, 5) is 41.1. The second-order valence-corrected chi connectivity index (χ2v) is 10.0. The van der Waals surface area contributed by atoms with Crippen LogP contribution in [0.2, 0.25) is 0 Å². The van der Waals surface area contributed by atoms with Crippen LogP contribution >= 0.6 is 0 Å². The molecule has 6 nitrogen and oxygen atoms in total. The van der Waals surface area contributed by atoms with Crippen molar-refractivity contribution in [3.05, 3.63) is 29.3 Å². The fraction of sp³-hybridized carbons (Fsp3) is 0.625. The van der Waals surface area contributed by atoms with Gasteiger partial charge in [0.1, 0.15) is 0 Å². The maximum atomic E-state index is 13.4. The Bertz CT molecular complexity index is 785. The van der Waals surface area contributed by atoms with Gasteiger partial charge in [0, 0.05) is 40.0 Å². The van der Waals surface area contributed by atoms with E-state index in [1.54, 1.807) is 14.1 Å². The number of nitrogens with one attached hydrogen (secondary N) is 1. The molecule has 1 N–H and O–H groups in total. The molecular weight excluding hydrogens is 378 g/mol. The lowest BCUT2D eigenvalue weighted by Crippen LogP contribution is -2.43. The molecule has 1 aliphatic rings. The molecule has 2 rings (SSSR count). The van der Waals surface area contributed by atoms with Gasteiger partial charge >= 0.3 is 0 Å². The summed E-state index contributed by atoms with van der Waals surface area (Å²) in [5.74, 6) is 0.514. The molecule has 1 saturated heterocycles. The highest BCUT2D eigenvalue weighted by molar-refractivity contribution is 6.04. The zero-order valence-corrected chi connectivity index (χ0v) is 19.5. The SMILES string of the molecule is C[C@@H]1C[C@H](C)CN(C(=O)c2cc(C(C)(C)C)ccc2NC(=O)CCC(=O)N(C)C)C1. The molecule has 3 amide bonds. The van der Waals surface area contributed by atoms with E-state index in [1.807, 2.05) is 23.1 Å². The molecule has 0 unspecified atom stereocenters. The number of nitrogens with zero attached hydrogens (tertiary/aromatic N) is 2. The number of amides is 3. The van der Waals surface area contributed by atoms with Crippen molar-refractivity contribution in [3.8, 4) is 0 Å². The van der Waals surface area contributed by atoms with Crippen LogP contribution in [0.1, 0.15) is 69.8 Å². The van der Waals surface area contributed by atoms with Gasteiger partial charge in [-0.2, -0.15) is 0 Å². The second kappa shape index (κ2) is 9.63. The lowest BCUT2D eigenvalue weighted by molar-refractivity contribution is -0.130. The van der Waals surface area contributed by atoms with Gasteiger partial charge in [0.15, 0.2) is 0 Å². The Kier molecular flexibility index (Phi) is 7.67. The van der Waals surface area contributed by atoms with Crippen molar-refractivity contribution < 1.29 is 14.4 Å². The molecule has 6 heteroatoms. The first kappa shape index (κ1) is 23.9. The minimum atomic E-state index is -0.261. The maximum Gasteiger partial charge on any atom is 0.255 e. The van der Waals surface area contributed by atoms with E-state index in [4.69, 9.17) is 0 Å². The summed E-state index contributed by atoms with van der Waals surface area (Å²) in [5.41, 5.74) is 1.97. The number of hydrogen-bond donors (Lipinski definition) is 1. The van der Waals surface area contributed by atoms with Crippen molar-refractivity contribution >= 4 is 23.4 Å². The van der Waals surface area contributed by atoms with E-state index in [1.165, 1.54) is 4.90 Å². The molecular formula is C24H37N3O3.